The quantitative estimate of drug-likeness (QED) is 0.283. The first-order valence-electron chi connectivity index (χ1n) is 14.1. The Labute approximate surface area is 246 Å². The molecule has 3 aromatic rings. The molecule has 0 aromatic heterocycles. The summed E-state index contributed by atoms with van der Waals surface area (Å²) in [5, 5.41) is 7.88. The number of ether oxygens (including phenoxy) is 2. The highest BCUT2D eigenvalue weighted by Crippen LogP contribution is 2.44. The lowest BCUT2D eigenvalue weighted by Gasteiger charge is -2.23. The van der Waals surface area contributed by atoms with Gasteiger partial charge in [0.1, 0.15) is 25.2 Å². The van der Waals surface area contributed by atoms with Crippen molar-refractivity contribution in [2.24, 2.45) is 5.92 Å². The number of nitrogens with one attached hydrogen (secondary N) is 3. The van der Waals surface area contributed by atoms with Crippen LogP contribution in [0.4, 0.5) is 4.79 Å². The number of hydrogen-bond acceptors (Lipinski definition) is 6. The summed E-state index contributed by atoms with van der Waals surface area (Å²) in [5.74, 6) is -1.64. The zero-order valence-corrected chi connectivity index (χ0v) is 24.1. The number of rotatable bonds is 12. The molecule has 42 heavy (non-hydrogen) atoms. The van der Waals surface area contributed by atoms with Gasteiger partial charge in [-0.05, 0) is 40.2 Å². The van der Waals surface area contributed by atoms with Crippen molar-refractivity contribution in [1.82, 2.24) is 16.0 Å². The van der Waals surface area contributed by atoms with Crippen molar-refractivity contribution in [3.63, 3.8) is 0 Å². The second-order valence-corrected chi connectivity index (χ2v) is 10.7. The number of benzene rings is 3. The molecule has 0 fully saturated rings. The van der Waals surface area contributed by atoms with Crippen LogP contribution in [0, 0.1) is 5.92 Å². The molecular weight excluding hydrogens is 534 g/mol. The largest absolute Gasteiger partial charge is 0.467 e. The van der Waals surface area contributed by atoms with Crippen LogP contribution in [-0.4, -0.2) is 56.2 Å². The summed E-state index contributed by atoms with van der Waals surface area (Å²) < 4.78 is 10.4. The lowest BCUT2D eigenvalue weighted by atomic mass is 9.98. The van der Waals surface area contributed by atoms with Gasteiger partial charge in [0.15, 0.2) is 0 Å². The SMILES string of the molecule is COC(=O)[C@H](CC(C)C)NC(=O)[C@H](Cc1ccccc1)NC(=O)CNC(=O)OCC1c2ccccc2-c2ccccc21. The standard InChI is InChI=1S/C33H37N3O6/c1-21(2)17-29(32(39)41-3)36-31(38)28(18-22-11-5-4-6-12-22)35-30(37)19-34-33(40)42-20-27-25-15-9-7-13-23(25)24-14-8-10-16-26(24)27/h4-16,21,27-29H,17-20H2,1-3H3,(H,34,40)(H,35,37)(H,36,38)/t28-,29-/m0/s1. The van der Waals surface area contributed by atoms with Crippen molar-refractivity contribution in [2.45, 2.75) is 44.7 Å². The van der Waals surface area contributed by atoms with Crippen LogP contribution in [0.3, 0.4) is 0 Å². The van der Waals surface area contributed by atoms with Crippen LogP contribution in [0.5, 0.6) is 0 Å². The second-order valence-electron chi connectivity index (χ2n) is 10.7. The molecule has 220 valence electrons. The van der Waals surface area contributed by atoms with Crippen LogP contribution in [0.25, 0.3) is 11.1 Å². The number of amides is 3. The van der Waals surface area contributed by atoms with Crippen molar-refractivity contribution in [3.05, 3.63) is 95.6 Å². The van der Waals surface area contributed by atoms with Gasteiger partial charge >= 0.3 is 12.1 Å². The lowest BCUT2D eigenvalue weighted by Crippen LogP contribution is -2.54. The summed E-state index contributed by atoms with van der Waals surface area (Å²) in [4.78, 5) is 50.9. The third-order valence-corrected chi connectivity index (χ3v) is 7.18. The number of carbonyl (C=O) groups excluding carboxylic acids is 4. The molecular formula is C33H37N3O6. The Balaban J connectivity index is 1.35. The Morgan fingerprint density at radius 3 is 1.98 bits per heavy atom. The zero-order chi connectivity index (χ0) is 30.1. The zero-order valence-electron chi connectivity index (χ0n) is 24.1. The number of alkyl carbamates (subject to hydrolysis) is 1. The maximum absolute atomic E-state index is 13.2. The highest BCUT2D eigenvalue weighted by molar-refractivity contribution is 5.92. The van der Waals surface area contributed by atoms with Gasteiger partial charge in [0.25, 0.3) is 0 Å². The van der Waals surface area contributed by atoms with Crippen LogP contribution < -0.4 is 16.0 Å². The maximum atomic E-state index is 13.2. The van der Waals surface area contributed by atoms with Gasteiger partial charge in [-0.2, -0.15) is 0 Å². The van der Waals surface area contributed by atoms with Crippen molar-refractivity contribution in [1.29, 1.82) is 0 Å². The van der Waals surface area contributed by atoms with Crippen molar-refractivity contribution in [2.75, 3.05) is 20.3 Å². The molecule has 3 amide bonds. The van der Waals surface area contributed by atoms with Crippen LogP contribution in [0.1, 0.15) is 42.9 Å². The van der Waals surface area contributed by atoms with Crippen LogP contribution in [-0.2, 0) is 30.3 Å². The van der Waals surface area contributed by atoms with Gasteiger partial charge in [-0.3, -0.25) is 9.59 Å². The summed E-state index contributed by atoms with van der Waals surface area (Å²) >= 11 is 0. The summed E-state index contributed by atoms with van der Waals surface area (Å²) in [6.07, 6.45) is -0.161. The average Bonchev–Trinajstić information content (AvgIpc) is 3.31. The molecule has 0 bridgehead atoms. The van der Waals surface area contributed by atoms with Gasteiger partial charge in [-0.1, -0.05) is 92.7 Å². The summed E-state index contributed by atoms with van der Waals surface area (Å²) in [5.41, 5.74) is 5.23. The Kier molecular flexibility index (Phi) is 10.3. The minimum atomic E-state index is -0.983. The molecule has 0 heterocycles. The average molecular weight is 572 g/mol. The number of hydrogen-bond donors (Lipinski definition) is 3. The smallest absolute Gasteiger partial charge is 0.407 e. The Hall–Kier alpha value is -4.66. The van der Waals surface area contributed by atoms with Gasteiger partial charge < -0.3 is 25.4 Å². The number of esters is 1. The molecule has 9 heteroatoms. The van der Waals surface area contributed by atoms with E-state index in [1.165, 1.54) is 7.11 Å². The van der Waals surface area contributed by atoms with E-state index in [1.807, 2.05) is 80.6 Å². The van der Waals surface area contributed by atoms with Crippen molar-refractivity contribution < 1.29 is 28.7 Å². The Morgan fingerprint density at radius 1 is 0.786 bits per heavy atom. The minimum absolute atomic E-state index is 0.107. The Morgan fingerprint density at radius 2 is 1.38 bits per heavy atom. The van der Waals surface area contributed by atoms with E-state index in [0.717, 1.165) is 27.8 Å². The van der Waals surface area contributed by atoms with E-state index in [9.17, 15) is 19.2 Å². The number of carbonyl (C=O) groups is 4. The van der Waals surface area contributed by atoms with Gasteiger partial charge in [-0.15, -0.1) is 0 Å². The molecule has 1 aliphatic carbocycles. The molecule has 9 nitrogen and oxygen atoms in total. The van der Waals surface area contributed by atoms with Crippen LogP contribution in [0.2, 0.25) is 0 Å². The molecule has 1 aliphatic rings. The molecule has 0 unspecified atom stereocenters. The predicted octanol–water partition coefficient (Wildman–Crippen LogP) is 3.96. The molecule has 0 radical (unpaired) electrons. The first-order valence-corrected chi connectivity index (χ1v) is 14.1. The third-order valence-electron chi connectivity index (χ3n) is 7.18. The van der Waals surface area contributed by atoms with E-state index < -0.39 is 36.0 Å². The minimum Gasteiger partial charge on any atom is -0.467 e. The molecule has 0 saturated carbocycles. The molecule has 3 aromatic carbocycles. The van der Waals surface area contributed by atoms with Gasteiger partial charge in [-0.25, -0.2) is 9.59 Å². The summed E-state index contributed by atoms with van der Waals surface area (Å²) in [7, 11) is 1.26. The van der Waals surface area contributed by atoms with E-state index in [-0.39, 0.29) is 31.4 Å². The Bertz CT molecular complexity index is 1360. The summed E-state index contributed by atoms with van der Waals surface area (Å²) in [6, 6.07) is 23.4. The molecule has 4 rings (SSSR count). The van der Waals surface area contributed by atoms with E-state index in [4.69, 9.17) is 9.47 Å². The molecule has 2 atom stereocenters. The van der Waals surface area contributed by atoms with E-state index >= 15 is 0 Å². The van der Waals surface area contributed by atoms with Crippen molar-refractivity contribution >= 4 is 23.9 Å². The highest BCUT2D eigenvalue weighted by Gasteiger charge is 2.30. The van der Waals surface area contributed by atoms with E-state index in [2.05, 4.69) is 28.1 Å². The maximum Gasteiger partial charge on any atom is 0.407 e. The van der Waals surface area contributed by atoms with E-state index in [0.29, 0.717) is 6.42 Å². The molecule has 0 saturated heterocycles. The first kappa shape index (κ1) is 30.3. The van der Waals surface area contributed by atoms with Crippen LogP contribution in [0.15, 0.2) is 78.9 Å². The molecule has 0 aliphatic heterocycles. The van der Waals surface area contributed by atoms with Gasteiger partial charge in [0.05, 0.1) is 7.11 Å². The second kappa shape index (κ2) is 14.3. The van der Waals surface area contributed by atoms with Gasteiger partial charge in [0, 0.05) is 12.3 Å². The van der Waals surface area contributed by atoms with Crippen molar-refractivity contribution in [3.8, 4) is 11.1 Å². The number of fused-ring (bicyclic) bond motifs is 3. The topological polar surface area (TPSA) is 123 Å². The molecule has 0 spiro atoms. The predicted molar refractivity (Wildman–Crippen MR) is 159 cm³/mol. The fraction of sp³-hybridized carbons (Fsp3) is 0.333. The molecule has 3 N–H and O–H groups in total. The monoisotopic (exact) mass is 571 g/mol. The third kappa shape index (κ3) is 7.75. The highest BCUT2D eigenvalue weighted by atomic mass is 16.5. The number of methoxy groups -OCH3 is 1. The van der Waals surface area contributed by atoms with Crippen LogP contribution >= 0.6 is 0 Å². The fourth-order valence-corrected chi connectivity index (χ4v) is 5.21. The normalized spacial score (nSPS) is 13.3. The lowest BCUT2D eigenvalue weighted by molar-refractivity contribution is -0.145. The van der Waals surface area contributed by atoms with E-state index in [1.54, 1.807) is 0 Å². The summed E-state index contributed by atoms with van der Waals surface area (Å²) in [6.45, 7) is 3.59. The van der Waals surface area contributed by atoms with Gasteiger partial charge in [0.2, 0.25) is 11.8 Å². The fourth-order valence-electron chi connectivity index (χ4n) is 5.21. The first-order chi connectivity index (χ1) is 20.3.